The zero-order chi connectivity index (χ0) is 14.8. The molecule has 0 aliphatic carbocycles. The van der Waals surface area contributed by atoms with Gasteiger partial charge in [0.05, 0.1) is 6.54 Å². The number of hydrogen-bond acceptors (Lipinski definition) is 2. The number of benzene rings is 1. The van der Waals surface area contributed by atoms with E-state index < -0.39 is 0 Å². The van der Waals surface area contributed by atoms with Crippen molar-refractivity contribution < 1.29 is 4.79 Å². The molecule has 1 aromatic heterocycles. The molecule has 2 atom stereocenters. The summed E-state index contributed by atoms with van der Waals surface area (Å²) < 4.78 is 1.83. The second-order valence-corrected chi connectivity index (χ2v) is 5.63. The van der Waals surface area contributed by atoms with Gasteiger partial charge in [0.15, 0.2) is 0 Å². The first kappa shape index (κ1) is 13.7. The Morgan fingerprint density at radius 1 is 1.43 bits per heavy atom. The highest BCUT2D eigenvalue weighted by Crippen LogP contribution is 2.31. The van der Waals surface area contributed by atoms with Crippen LogP contribution in [0.15, 0.2) is 42.7 Å². The van der Waals surface area contributed by atoms with Crippen LogP contribution in [0, 0.1) is 0 Å². The molecular weight excluding hydrogens is 264 g/mol. The van der Waals surface area contributed by atoms with Gasteiger partial charge in [-0.25, -0.2) is 4.79 Å². The van der Waals surface area contributed by atoms with E-state index in [2.05, 4.69) is 23.4 Å². The van der Waals surface area contributed by atoms with Crippen LogP contribution in [0.25, 0.3) is 0 Å². The molecule has 2 unspecified atom stereocenters. The van der Waals surface area contributed by atoms with Crippen molar-refractivity contribution in [2.45, 2.75) is 38.9 Å². The Morgan fingerprint density at radius 2 is 2.24 bits per heavy atom. The number of anilines is 1. The van der Waals surface area contributed by atoms with Gasteiger partial charge >= 0.3 is 6.03 Å². The van der Waals surface area contributed by atoms with Gasteiger partial charge in [-0.15, -0.1) is 0 Å². The summed E-state index contributed by atoms with van der Waals surface area (Å²) in [6.45, 7) is 4.74. The van der Waals surface area contributed by atoms with Crippen LogP contribution in [0.1, 0.15) is 19.4 Å². The van der Waals surface area contributed by atoms with Crippen molar-refractivity contribution in [3.63, 3.8) is 0 Å². The molecule has 0 saturated heterocycles. The number of aromatic nitrogens is 2. The average molecular weight is 284 g/mol. The number of amides is 2. The van der Waals surface area contributed by atoms with Crippen LogP contribution >= 0.6 is 0 Å². The lowest BCUT2D eigenvalue weighted by Gasteiger charge is -2.25. The van der Waals surface area contributed by atoms with Crippen LogP contribution in [-0.2, 0) is 13.0 Å². The zero-order valence-corrected chi connectivity index (χ0v) is 12.4. The third-order valence-corrected chi connectivity index (χ3v) is 3.82. The lowest BCUT2D eigenvalue weighted by molar-refractivity contribution is 0.240. The molecule has 0 spiro atoms. The Hall–Kier alpha value is -2.30. The summed E-state index contributed by atoms with van der Waals surface area (Å²) in [7, 11) is 0. The number of hydrogen-bond donors (Lipinski definition) is 1. The topological polar surface area (TPSA) is 50.2 Å². The van der Waals surface area contributed by atoms with Gasteiger partial charge in [-0.3, -0.25) is 9.58 Å². The average Bonchev–Trinajstić information content (AvgIpc) is 3.04. The highest BCUT2D eigenvalue weighted by molar-refractivity contribution is 5.95. The van der Waals surface area contributed by atoms with Gasteiger partial charge in [0.1, 0.15) is 0 Å². The van der Waals surface area contributed by atoms with Crippen molar-refractivity contribution in [1.29, 1.82) is 0 Å². The monoisotopic (exact) mass is 284 g/mol. The molecule has 110 valence electrons. The number of carbonyl (C=O) groups is 1. The van der Waals surface area contributed by atoms with Crippen LogP contribution in [0.3, 0.4) is 0 Å². The summed E-state index contributed by atoms with van der Waals surface area (Å²) in [6, 6.07) is 10.2. The summed E-state index contributed by atoms with van der Waals surface area (Å²) in [4.78, 5) is 14.4. The van der Waals surface area contributed by atoms with E-state index in [0.717, 1.165) is 12.1 Å². The number of carbonyl (C=O) groups excluding carboxylic acids is 1. The minimum Gasteiger partial charge on any atom is -0.333 e. The molecule has 0 saturated carbocycles. The standard InChI is InChI=1S/C16H20N4O/c1-12(11-19-9-5-8-17-19)18-16(21)20-13(2)10-14-6-3-4-7-15(14)20/h3-9,12-13H,10-11H2,1-2H3,(H,18,21). The lowest BCUT2D eigenvalue weighted by atomic mass is 10.1. The number of nitrogens with zero attached hydrogens (tertiary/aromatic N) is 3. The molecule has 5 heteroatoms. The van der Waals surface area contributed by atoms with E-state index in [9.17, 15) is 4.79 Å². The second kappa shape index (κ2) is 5.60. The molecule has 2 aromatic rings. The Balaban J connectivity index is 1.68. The summed E-state index contributed by atoms with van der Waals surface area (Å²) in [5.74, 6) is 0. The van der Waals surface area contributed by atoms with Crippen LogP contribution in [0.5, 0.6) is 0 Å². The van der Waals surface area contributed by atoms with Gasteiger partial charge in [-0.2, -0.15) is 5.10 Å². The summed E-state index contributed by atoms with van der Waals surface area (Å²) in [5.41, 5.74) is 2.26. The van der Waals surface area contributed by atoms with Gasteiger partial charge in [0, 0.05) is 30.2 Å². The predicted molar refractivity (Wildman–Crippen MR) is 82.3 cm³/mol. The molecule has 2 heterocycles. The van der Waals surface area contributed by atoms with Crippen molar-refractivity contribution in [1.82, 2.24) is 15.1 Å². The van der Waals surface area contributed by atoms with E-state index >= 15 is 0 Å². The highest BCUT2D eigenvalue weighted by Gasteiger charge is 2.30. The van der Waals surface area contributed by atoms with Gasteiger partial charge in [0.2, 0.25) is 0 Å². The number of nitrogens with one attached hydrogen (secondary N) is 1. The van der Waals surface area contributed by atoms with E-state index in [-0.39, 0.29) is 18.1 Å². The Kier molecular flexibility index (Phi) is 3.64. The quantitative estimate of drug-likeness (QED) is 0.941. The van der Waals surface area contributed by atoms with Crippen molar-refractivity contribution in [3.8, 4) is 0 Å². The zero-order valence-electron chi connectivity index (χ0n) is 12.4. The molecule has 0 fully saturated rings. The maximum Gasteiger partial charge on any atom is 0.322 e. The third kappa shape index (κ3) is 2.77. The second-order valence-electron chi connectivity index (χ2n) is 5.63. The molecule has 1 aliphatic heterocycles. The highest BCUT2D eigenvalue weighted by atomic mass is 16.2. The smallest absolute Gasteiger partial charge is 0.322 e. The van der Waals surface area contributed by atoms with Crippen LogP contribution in [0.2, 0.25) is 0 Å². The molecule has 3 rings (SSSR count). The van der Waals surface area contributed by atoms with Gasteiger partial charge < -0.3 is 5.32 Å². The first-order valence-corrected chi connectivity index (χ1v) is 7.30. The molecule has 2 amide bonds. The molecule has 1 aromatic carbocycles. The fraction of sp³-hybridized carbons (Fsp3) is 0.375. The van der Waals surface area contributed by atoms with Crippen molar-refractivity contribution >= 4 is 11.7 Å². The minimum absolute atomic E-state index is 0.0253. The van der Waals surface area contributed by atoms with Crippen LogP contribution in [-0.4, -0.2) is 27.9 Å². The van der Waals surface area contributed by atoms with Gasteiger partial charge in [-0.1, -0.05) is 18.2 Å². The van der Waals surface area contributed by atoms with E-state index in [0.29, 0.717) is 6.54 Å². The molecule has 0 radical (unpaired) electrons. The lowest BCUT2D eigenvalue weighted by Crippen LogP contribution is -2.47. The summed E-state index contributed by atoms with van der Waals surface area (Å²) in [5, 5.41) is 7.22. The normalized spacial score (nSPS) is 18.4. The molecule has 0 bridgehead atoms. The predicted octanol–water partition coefficient (Wildman–Crippen LogP) is 2.43. The van der Waals surface area contributed by atoms with E-state index in [1.54, 1.807) is 6.20 Å². The van der Waals surface area contributed by atoms with Gasteiger partial charge in [0.25, 0.3) is 0 Å². The molecular formula is C16H20N4O. The van der Waals surface area contributed by atoms with Crippen LogP contribution in [0.4, 0.5) is 10.5 Å². The summed E-state index contributed by atoms with van der Waals surface area (Å²) in [6.07, 6.45) is 4.56. The fourth-order valence-corrected chi connectivity index (χ4v) is 2.89. The number of rotatable bonds is 3. The van der Waals surface area contributed by atoms with Crippen LogP contribution < -0.4 is 10.2 Å². The molecule has 5 nitrogen and oxygen atoms in total. The molecule has 1 aliphatic rings. The van der Waals surface area contributed by atoms with Crippen molar-refractivity contribution in [2.75, 3.05) is 4.90 Å². The fourth-order valence-electron chi connectivity index (χ4n) is 2.89. The number of urea groups is 1. The molecule has 21 heavy (non-hydrogen) atoms. The maximum atomic E-state index is 12.5. The van der Waals surface area contributed by atoms with Crippen molar-refractivity contribution in [3.05, 3.63) is 48.3 Å². The first-order chi connectivity index (χ1) is 10.1. The SMILES string of the molecule is CC(Cn1cccn1)NC(=O)N1c2ccccc2CC1C. The number of para-hydroxylation sites is 1. The number of fused-ring (bicyclic) bond motifs is 1. The summed E-state index contributed by atoms with van der Waals surface area (Å²) >= 11 is 0. The Bertz CT molecular complexity index is 623. The van der Waals surface area contributed by atoms with Crippen molar-refractivity contribution in [2.24, 2.45) is 0 Å². The minimum atomic E-state index is -0.0351. The first-order valence-electron chi connectivity index (χ1n) is 7.30. The molecule has 1 N–H and O–H groups in total. The third-order valence-electron chi connectivity index (χ3n) is 3.82. The Morgan fingerprint density at radius 3 is 3.00 bits per heavy atom. The Labute approximate surface area is 124 Å². The van der Waals surface area contributed by atoms with E-state index in [1.807, 2.05) is 47.0 Å². The van der Waals surface area contributed by atoms with E-state index in [1.165, 1.54) is 5.56 Å². The van der Waals surface area contributed by atoms with Gasteiger partial charge in [-0.05, 0) is 38.0 Å². The maximum absolute atomic E-state index is 12.5. The van der Waals surface area contributed by atoms with E-state index in [4.69, 9.17) is 0 Å². The largest absolute Gasteiger partial charge is 0.333 e.